The summed E-state index contributed by atoms with van der Waals surface area (Å²) in [4.78, 5) is 3.76. The molecule has 0 spiro atoms. The molecule has 0 saturated heterocycles. The van der Waals surface area contributed by atoms with Crippen molar-refractivity contribution in [3.05, 3.63) is 36.6 Å². The van der Waals surface area contributed by atoms with Crippen molar-refractivity contribution >= 4 is 55.1 Å². The Kier molecular flexibility index (Phi) is 6.92. The van der Waals surface area contributed by atoms with Crippen molar-refractivity contribution in [2.24, 2.45) is 4.99 Å². The van der Waals surface area contributed by atoms with E-state index in [1.165, 1.54) is 0 Å². The zero-order valence-electron chi connectivity index (χ0n) is 6.12. The number of allylic oxidation sites excluding steroid dienone is 5. The minimum atomic E-state index is 0. The summed E-state index contributed by atoms with van der Waals surface area (Å²) in [5, 5.41) is 0. The molecule has 0 unspecified atom stereocenters. The topological polar surface area (TPSA) is 12.4 Å². The monoisotopic (exact) mass is 243 g/mol. The molecule has 0 saturated carbocycles. The molecule has 0 radical (unpaired) electrons. The molecule has 0 bridgehead atoms. The van der Waals surface area contributed by atoms with Gasteiger partial charge >= 0.3 is 48.9 Å². The minimum absolute atomic E-state index is 0. The van der Waals surface area contributed by atoms with Gasteiger partial charge in [0.05, 0.1) is 0 Å². The molecular weight excluding hydrogens is 235 g/mol. The molecule has 42 valence electrons. The summed E-state index contributed by atoms with van der Waals surface area (Å²) in [5.41, 5.74) is 0. The van der Waals surface area contributed by atoms with Crippen LogP contribution >= 0.6 is 0 Å². The largest absolute Gasteiger partial charge is 2.00 e. The van der Waals surface area contributed by atoms with Crippen molar-refractivity contribution in [2.75, 3.05) is 0 Å². The molecule has 0 aliphatic carbocycles. The standard InChI is InChI=1S/C7H6N.Ba.H/c1-2-4-6-8-7-5-3-1;;/h1-6H;;/q-1;+2;-1. The molecule has 2 heteroatoms. The fraction of sp³-hybridized carbons (Fsp3) is 0. The van der Waals surface area contributed by atoms with Gasteiger partial charge in [0.2, 0.25) is 0 Å². The predicted octanol–water partition coefficient (Wildman–Crippen LogP) is 1.31. The average Bonchev–Trinajstić information content (AvgIpc) is 1.62. The quantitative estimate of drug-likeness (QED) is 0.449. The van der Waals surface area contributed by atoms with E-state index in [0.717, 1.165) is 0 Å². The Morgan fingerprint density at radius 2 is 1.89 bits per heavy atom. The third-order valence-corrected chi connectivity index (χ3v) is 0.739. The molecule has 0 aromatic carbocycles. The third kappa shape index (κ3) is 4.93. The Morgan fingerprint density at radius 3 is 2.78 bits per heavy atom. The van der Waals surface area contributed by atoms with Crippen LogP contribution in [0.1, 0.15) is 1.43 Å². The smallest absolute Gasteiger partial charge is 1.00 e. The second-order valence-corrected chi connectivity index (χ2v) is 1.34. The van der Waals surface area contributed by atoms with Gasteiger partial charge in [-0.05, 0) is 0 Å². The molecule has 0 atom stereocenters. The second kappa shape index (κ2) is 6.58. The van der Waals surface area contributed by atoms with Crippen LogP contribution in [0.4, 0.5) is 0 Å². The minimum Gasteiger partial charge on any atom is -1.00 e. The van der Waals surface area contributed by atoms with Gasteiger partial charge in [-0.15, -0.1) is 12.2 Å². The summed E-state index contributed by atoms with van der Waals surface area (Å²) in [5.74, 6) is 0. The summed E-state index contributed by atoms with van der Waals surface area (Å²) >= 11 is 0. The molecule has 1 aliphatic heterocycles. The van der Waals surface area contributed by atoms with E-state index in [9.17, 15) is 0 Å². The first-order valence-corrected chi connectivity index (χ1v) is 2.44. The van der Waals surface area contributed by atoms with Gasteiger partial charge in [0, 0.05) is 0 Å². The molecule has 1 rings (SSSR count). The van der Waals surface area contributed by atoms with Gasteiger partial charge in [0.15, 0.2) is 0 Å². The van der Waals surface area contributed by atoms with Crippen LogP contribution in [0.15, 0.2) is 41.6 Å². The van der Waals surface area contributed by atoms with Gasteiger partial charge in [-0.2, -0.15) is 12.2 Å². The van der Waals surface area contributed by atoms with Crippen LogP contribution in [-0.4, -0.2) is 55.1 Å². The van der Waals surface area contributed by atoms with E-state index in [4.69, 9.17) is 0 Å². The molecule has 0 aromatic rings. The molecular formula is C7H7BaN. The molecule has 9 heavy (non-hydrogen) atoms. The van der Waals surface area contributed by atoms with Crippen molar-refractivity contribution in [1.29, 1.82) is 0 Å². The van der Waals surface area contributed by atoms with Crippen molar-refractivity contribution in [3.63, 3.8) is 0 Å². The van der Waals surface area contributed by atoms with E-state index in [-0.39, 0.29) is 50.3 Å². The van der Waals surface area contributed by atoms with Crippen LogP contribution in [0.3, 0.4) is 0 Å². The van der Waals surface area contributed by atoms with Crippen LogP contribution in [-0.2, 0) is 0 Å². The van der Waals surface area contributed by atoms with Gasteiger partial charge < -0.3 is 6.42 Å². The molecule has 1 nitrogen and oxygen atoms in total. The summed E-state index contributed by atoms with van der Waals surface area (Å²) in [6.45, 7) is 0. The number of hydrogen-bond donors (Lipinski definition) is 0. The van der Waals surface area contributed by atoms with E-state index < -0.39 is 0 Å². The van der Waals surface area contributed by atoms with Crippen molar-refractivity contribution in [3.8, 4) is 0 Å². The Morgan fingerprint density at radius 1 is 1.11 bits per heavy atom. The normalized spacial score (nSPS) is 14.2. The Labute approximate surface area is 96.8 Å². The van der Waals surface area contributed by atoms with E-state index in [1.54, 1.807) is 12.3 Å². The molecule has 0 aromatic heterocycles. The first kappa shape index (κ1) is 9.46. The Bertz CT molecular complexity index is 114. The second-order valence-electron chi connectivity index (χ2n) is 1.34. The van der Waals surface area contributed by atoms with Crippen LogP contribution in [0.25, 0.3) is 0 Å². The van der Waals surface area contributed by atoms with Gasteiger partial charge in [-0.25, -0.2) is 0 Å². The van der Waals surface area contributed by atoms with E-state index >= 15 is 0 Å². The fourth-order valence-electron chi connectivity index (χ4n) is 0.406. The Balaban J connectivity index is 0. The first-order chi connectivity index (χ1) is 4.00. The van der Waals surface area contributed by atoms with Crippen LogP contribution in [0.5, 0.6) is 0 Å². The predicted molar refractivity (Wildman–Crippen MR) is 41.7 cm³/mol. The fourth-order valence-corrected chi connectivity index (χ4v) is 0.406. The number of aliphatic imine (C=N–C) groups is 1. The maximum atomic E-state index is 3.76. The van der Waals surface area contributed by atoms with E-state index in [0.29, 0.717) is 0 Å². The molecule has 0 amide bonds. The van der Waals surface area contributed by atoms with Crippen molar-refractivity contribution in [2.45, 2.75) is 0 Å². The van der Waals surface area contributed by atoms with Crippen LogP contribution < -0.4 is 0 Å². The maximum absolute atomic E-state index is 3.76. The Hall–Kier alpha value is 0.461. The zero-order chi connectivity index (χ0) is 5.66. The SMILES string of the molecule is [Ba+2].[C-]1=NC=CC=CC=C1.[H-]. The first-order valence-electron chi connectivity index (χ1n) is 2.44. The van der Waals surface area contributed by atoms with Gasteiger partial charge in [0.25, 0.3) is 0 Å². The van der Waals surface area contributed by atoms with Crippen molar-refractivity contribution in [1.82, 2.24) is 0 Å². The van der Waals surface area contributed by atoms with E-state index in [1.807, 2.05) is 24.3 Å². The maximum Gasteiger partial charge on any atom is 2.00 e. The van der Waals surface area contributed by atoms with Gasteiger partial charge in [-0.3, -0.25) is 0 Å². The number of rotatable bonds is 0. The van der Waals surface area contributed by atoms with Crippen molar-refractivity contribution < 1.29 is 1.43 Å². The molecule has 0 N–H and O–H groups in total. The summed E-state index contributed by atoms with van der Waals surface area (Å²) in [6, 6.07) is 0. The average molecular weight is 242 g/mol. The molecule has 1 aliphatic rings. The number of hydrogen-bond acceptors (Lipinski definition) is 1. The van der Waals surface area contributed by atoms with Crippen LogP contribution in [0.2, 0.25) is 0 Å². The van der Waals surface area contributed by atoms with Gasteiger partial charge in [-0.1, -0.05) is 18.5 Å². The van der Waals surface area contributed by atoms with Crippen LogP contribution in [0, 0.1) is 0 Å². The molecule has 1 heterocycles. The summed E-state index contributed by atoms with van der Waals surface area (Å²) in [6.07, 6.45) is 13.7. The van der Waals surface area contributed by atoms with E-state index in [2.05, 4.69) is 11.2 Å². The zero-order valence-corrected chi connectivity index (χ0v) is 9.56. The number of nitrogens with zero attached hydrogens (tertiary/aromatic N) is 1. The summed E-state index contributed by atoms with van der Waals surface area (Å²) < 4.78 is 0. The third-order valence-electron chi connectivity index (χ3n) is 0.739. The summed E-state index contributed by atoms with van der Waals surface area (Å²) in [7, 11) is 0. The van der Waals surface area contributed by atoms with Gasteiger partial charge in [0.1, 0.15) is 0 Å². The molecule has 0 fully saturated rings.